The zero-order chi connectivity index (χ0) is 17.8. The largest absolute Gasteiger partial charge is 0.343 e. The van der Waals surface area contributed by atoms with E-state index in [0.29, 0.717) is 24.1 Å². The lowest BCUT2D eigenvalue weighted by Gasteiger charge is -2.29. The third-order valence-corrected chi connectivity index (χ3v) is 5.36. The highest BCUT2D eigenvalue weighted by molar-refractivity contribution is 6.21. The van der Waals surface area contributed by atoms with Gasteiger partial charge in [0.25, 0.3) is 11.8 Å². The number of fused-ring (bicyclic) bond motifs is 1. The van der Waals surface area contributed by atoms with Gasteiger partial charge < -0.3 is 4.90 Å². The summed E-state index contributed by atoms with van der Waals surface area (Å²) in [6, 6.07) is 6.93. The lowest BCUT2D eigenvalue weighted by atomic mass is 10.1. The molecule has 1 aromatic carbocycles. The van der Waals surface area contributed by atoms with E-state index in [1.165, 1.54) is 4.90 Å². The summed E-state index contributed by atoms with van der Waals surface area (Å²) in [5, 5.41) is 0.198. The first kappa shape index (κ1) is 17.9. The number of alkyl halides is 1. The van der Waals surface area contributed by atoms with Crippen molar-refractivity contribution in [3.8, 4) is 0 Å². The number of amides is 3. The summed E-state index contributed by atoms with van der Waals surface area (Å²) < 4.78 is 0. The van der Waals surface area contributed by atoms with Gasteiger partial charge in [-0.2, -0.15) is 0 Å². The highest BCUT2D eigenvalue weighted by Gasteiger charge is 2.34. The zero-order valence-electron chi connectivity index (χ0n) is 14.2. The van der Waals surface area contributed by atoms with E-state index in [0.717, 1.165) is 45.2 Å². The van der Waals surface area contributed by atoms with Gasteiger partial charge in [-0.15, -0.1) is 11.6 Å². The molecule has 3 rings (SSSR count). The zero-order valence-corrected chi connectivity index (χ0v) is 15.0. The number of imide groups is 1. The Hall–Kier alpha value is -1.88. The smallest absolute Gasteiger partial charge is 0.261 e. The first-order valence-corrected chi connectivity index (χ1v) is 9.38. The summed E-state index contributed by atoms with van der Waals surface area (Å²) in [5.41, 5.74) is 0.982. The molecular formula is C19H23ClN2O3. The predicted octanol–water partition coefficient (Wildman–Crippen LogP) is 3.07. The van der Waals surface area contributed by atoms with Crippen molar-refractivity contribution in [1.29, 1.82) is 0 Å². The van der Waals surface area contributed by atoms with Gasteiger partial charge >= 0.3 is 0 Å². The normalized spacial score (nSPS) is 18.0. The molecule has 0 radical (unpaired) electrons. The van der Waals surface area contributed by atoms with Gasteiger partial charge in [0.05, 0.1) is 11.1 Å². The second kappa shape index (κ2) is 8.00. The second-order valence-electron chi connectivity index (χ2n) is 6.67. The molecule has 0 atom stereocenters. The molecule has 1 fully saturated rings. The molecule has 3 amide bonds. The van der Waals surface area contributed by atoms with Crippen molar-refractivity contribution in [2.45, 2.75) is 43.9 Å². The van der Waals surface area contributed by atoms with Gasteiger partial charge in [0, 0.05) is 31.4 Å². The van der Waals surface area contributed by atoms with Crippen LogP contribution in [0.5, 0.6) is 0 Å². The van der Waals surface area contributed by atoms with Crippen LogP contribution in [0, 0.1) is 0 Å². The van der Waals surface area contributed by atoms with E-state index in [1.807, 2.05) is 4.90 Å². The van der Waals surface area contributed by atoms with Crippen LogP contribution in [0.3, 0.4) is 0 Å². The molecule has 134 valence electrons. The highest BCUT2D eigenvalue weighted by atomic mass is 35.5. The summed E-state index contributed by atoms with van der Waals surface area (Å²) in [6.45, 7) is 1.92. The molecule has 6 heteroatoms. The van der Waals surface area contributed by atoms with Crippen LogP contribution in [0.2, 0.25) is 0 Å². The lowest BCUT2D eigenvalue weighted by molar-refractivity contribution is -0.132. The minimum atomic E-state index is -0.208. The van der Waals surface area contributed by atoms with Crippen LogP contribution in [-0.4, -0.2) is 52.5 Å². The molecule has 0 unspecified atom stereocenters. The number of halogens is 1. The van der Waals surface area contributed by atoms with Gasteiger partial charge in [0.15, 0.2) is 0 Å². The second-order valence-corrected chi connectivity index (χ2v) is 7.29. The monoisotopic (exact) mass is 362 g/mol. The first-order valence-electron chi connectivity index (χ1n) is 8.95. The first-order chi connectivity index (χ1) is 12.1. The molecule has 0 aliphatic carbocycles. The minimum Gasteiger partial charge on any atom is -0.343 e. The summed E-state index contributed by atoms with van der Waals surface area (Å²) in [6.07, 6.45) is 4.59. The molecule has 25 heavy (non-hydrogen) atoms. The fourth-order valence-corrected chi connectivity index (χ4v) is 3.62. The third kappa shape index (κ3) is 4.03. The topological polar surface area (TPSA) is 57.7 Å². The Morgan fingerprint density at radius 2 is 1.60 bits per heavy atom. The van der Waals surface area contributed by atoms with Gasteiger partial charge in [0.1, 0.15) is 0 Å². The van der Waals surface area contributed by atoms with Crippen molar-refractivity contribution in [3.63, 3.8) is 0 Å². The molecule has 1 aromatic rings. The van der Waals surface area contributed by atoms with Crippen LogP contribution >= 0.6 is 11.6 Å². The number of unbranched alkanes of at least 4 members (excludes halogenated alkanes) is 2. The summed E-state index contributed by atoms with van der Waals surface area (Å²) in [7, 11) is 0. The van der Waals surface area contributed by atoms with E-state index in [4.69, 9.17) is 11.6 Å². The minimum absolute atomic E-state index is 0.185. The van der Waals surface area contributed by atoms with Crippen molar-refractivity contribution < 1.29 is 14.4 Å². The maximum absolute atomic E-state index is 12.2. The van der Waals surface area contributed by atoms with E-state index in [1.54, 1.807) is 24.3 Å². The summed E-state index contributed by atoms with van der Waals surface area (Å²) in [4.78, 5) is 39.8. The van der Waals surface area contributed by atoms with E-state index in [2.05, 4.69) is 0 Å². The molecule has 0 spiro atoms. The molecule has 0 bridgehead atoms. The van der Waals surface area contributed by atoms with Crippen molar-refractivity contribution in [1.82, 2.24) is 9.80 Å². The maximum Gasteiger partial charge on any atom is 0.261 e. The maximum atomic E-state index is 12.2. The number of carbonyl (C=O) groups is 3. The number of rotatable bonds is 6. The molecule has 5 nitrogen and oxygen atoms in total. The van der Waals surface area contributed by atoms with Crippen LogP contribution in [-0.2, 0) is 4.79 Å². The van der Waals surface area contributed by atoms with E-state index >= 15 is 0 Å². The molecule has 0 saturated carbocycles. The Balaban J connectivity index is 1.37. The molecule has 2 aliphatic heterocycles. The van der Waals surface area contributed by atoms with Gasteiger partial charge in [-0.25, -0.2) is 0 Å². The molecule has 0 N–H and O–H groups in total. The SMILES string of the molecule is O=C(CCCCCN1C(=O)c2ccccc2C1=O)N1CCC(Cl)CC1. The van der Waals surface area contributed by atoms with Crippen molar-refractivity contribution in [3.05, 3.63) is 35.4 Å². The average Bonchev–Trinajstić information content (AvgIpc) is 2.87. The molecule has 0 aromatic heterocycles. The van der Waals surface area contributed by atoms with Gasteiger partial charge in [0.2, 0.25) is 5.91 Å². The number of carbonyl (C=O) groups excluding carboxylic acids is 3. The Morgan fingerprint density at radius 1 is 1.00 bits per heavy atom. The van der Waals surface area contributed by atoms with Crippen LogP contribution in [0.25, 0.3) is 0 Å². The van der Waals surface area contributed by atoms with Crippen molar-refractivity contribution in [2.24, 2.45) is 0 Å². The number of likely N-dealkylation sites (tertiary alicyclic amines) is 1. The Kier molecular flexibility index (Phi) is 5.74. The van der Waals surface area contributed by atoms with Gasteiger partial charge in [-0.3, -0.25) is 19.3 Å². The Morgan fingerprint density at radius 3 is 2.20 bits per heavy atom. The number of nitrogens with zero attached hydrogens (tertiary/aromatic N) is 2. The molecule has 2 aliphatic rings. The standard InChI is InChI=1S/C19H23ClN2O3/c20-14-9-12-21(13-10-14)17(23)8-2-1-5-11-22-18(24)15-6-3-4-7-16(15)19(22)25/h3-4,6-7,14H,1-2,5,8-13H2. The van der Waals surface area contributed by atoms with Crippen molar-refractivity contribution in [2.75, 3.05) is 19.6 Å². The van der Waals surface area contributed by atoms with Gasteiger partial charge in [-0.1, -0.05) is 18.6 Å². The number of hydrogen-bond acceptors (Lipinski definition) is 3. The summed E-state index contributed by atoms with van der Waals surface area (Å²) in [5.74, 6) is -0.231. The quantitative estimate of drug-likeness (QED) is 0.444. The van der Waals surface area contributed by atoms with E-state index in [-0.39, 0.29) is 23.1 Å². The molecular weight excluding hydrogens is 340 g/mol. The van der Waals surface area contributed by atoms with E-state index < -0.39 is 0 Å². The lowest BCUT2D eigenvalue weighted by Crippen LogP contribution is -2.38. The van der Waals surface area contributed by atoms with E-state index in [9.17, 15) is 14.4 Å². The third-order valence-electron chi connectivity index (χ3n) is 4.93. The van der Waals surface area contributed by atoms with Crippen LogP contribution < -0.4 is 0 Å². The highest BCUT2D eigenvalue weighted by Crippen LogP contribution is 2.23. The predicted molar refractivity (Wildman–Crippen MR) is 95.7 cm³/mol. The average molecular weight is 363 g/mol. The summed E-state index contributed by atoms with van der Waals surface area (Å²) >= 11 is 6.05. The number of benzene rings is 1. The molecule has 2 heterocycles. The van der Waals surface area contributed by atoms with Crippen LogP contribution in [0.15, 0.2) is 24.3 Å². The fraction of sp³-hybridized carbons (Fsp3) is 0.526. The van der Waals surface area contributed by atoms with Crippen LogP contribution in [0.4, 0.5) is 0 Å². The Labute approximate surface area is 152 Å². The number of piperidine rings is 1. The van der Waals surface area contributed by atoms with Crippen LogP contribution in [0.1, 0.15) is 59.2 Å². The van der Waals surface area contributed by atoms with Gasteiger partial charge in [-0.05, 0) is 37.8 Å². The van der Waals surface area contributed by atoms with Crippen molar-refractivity contribution >= 4 is 29.3 Å². The fourth-order valence-electron chi connectivity index (χ4n) is 3.42. The number of hydrogen-bond donors (Lipinski definition) is 0. The molecule has 1 saturated heterocycles. The Bertz CT molecular complexity index is 633.